The summed E-state index contributed by atoms with van der Waals surface area (Å²) in [5.74, 6) is 2.12. The van der Waals surface area contributed by atoms with E-state index in [0.717, 1.165) is 47.4 Å². The number of hydrogen-bond donors (Lipinski definition) is 1. The number of aliphatic imine (C=N–C) groups is 1. The predicted molar refractivity (Wildman–Crippen MR) is 154 cm³/mol. The van der Waals surface area contributed by atoms with Gasteiger partial charge in [-0.15, -0.1) is 0 Å². The summed E-state index contributed by atoms with van der Waals surface area (Å²) in [4.78, 5) is 35.1. The van der Waals surface area contributed by atoms with Crippen molar-refractivity contribution < 1.29 is 13.8 Å². The zero-order valence-corrected chi connectivity index (χ0v) is 23.3. The first-order valence-electron chi connectivity index (χ1n) is 14.1. The third-order valence-electron chi connectivity index (χ3n) is 8.40. The summed E-state index contributed by atoms with van der Waals surface area (Å²) >= 11 is 0. The zero-order chi connectivity index (χ0) is 28.2. The van der Waals surface area contributed by atoms with Gasteiger partial charge in [-0.1, -0.05) is 24.3 Å². The highest BCUT2D eigenvalue weighted by molar-refractivity contribution is 6.18. The summed E-state index contributed by atoms with van der Waals surface area (Å²) in [6.07, 6.45) is 1.89. The largest absolute Gasteiger partial charge is 0.341 e. The van der Waals surface area contributed by atoms with Crippen LogP contribution in [0.15, 0.2) is 53.5 Å². The molecule has 1 amide bonds. The van der Waals surface area contributed by atoms with Gasteiger partial charge in [0, 0.05) is 25.7 Å². The SMILES string of the molecule is Cc1c2ccccc2nc(CN2C(=O)c3c(nc(N4CCCC(N)C4)n3Cc3cccc(F)c3)N3CCN=C23)[n+]1C. The lowest BCUT2D eigenvalue weighted by molar-refractivity contribution is -0.687. The van der Waals surface area contributed by atoms with Crippen LogP contribution >= 0.6 is 0 Å². The lowest BCUT2D eigenvalue weighted by atomic mass is 10.1. The second-order valence-corrected chi connectivity index (χ2v) is 11.1. The number of halogens is 1. The maximum absolute atomic E-state index is 14.5. The maximum Gasteiger partial charge on any atom is 0.319 e. The Morgan fingerprint density at radius 3 is 2.78 bits per heavy atom. The lowest BCUT2D eigenvalue weighted by Gasteiger charge is -2.33. The highest BCUT2D eigenvalue weighted by atomic mass is 19.1. The number of amides is 1. The monoisotopic (exact) mass is 554 g/mol. The van der Waals surface area contributed by atoms with Gasteiger partial charge in [0.25, 0.3) is 5.91 Å². The highest BCUT2D eigenvalue weighted by Crippen LogP contribution is 2.36. The molecule has 3 aliphatic heterocycles. The lowest BCUT2D eigenvalue weighted by Crippen LogP contribution is -2.52. The number of para-hydroxylation sites is 1. The molecule has 0 radical (unpaired) electrons. The molecule has 0 spiro atoms. The van der Waals surface area contributed by atoms with E-state index in [1.165, 1.54) is 12.1 Å². The molecule has 5 heterocycles. The molecule has 2 aromatic heterocycles. The summed E-state index contributed by atoms with van der Waals surface area (Å²) in [5, 5.41) is 1.07. The Hall–Kier alpha value is -4.38. The standard InChI is InChI=1S/C30H33FN9O/c1-19-23-10-3-4-11-24(23)34-25(36(19)2)18-40-28(41)26-27(38-14-12-33-29(38)40)35-30(37-13-6-9-22(32)17-37)39(26)16-20-7-5-8-21(31)15-20/h3-5,7-8,10-11,15,22H,6,9,12-14,16-18,32H2,1-2H3/q+1. The number of nitrogens with two attached hydrogens (primary N) is 1. The zero-order valence-electron chi connectivity index (χ0n) is 23.3. The number of aryl methyl sites for hydroxylation is 1. The summed E-state index contributed by atoms with van der Waals surface area (Å²) < 4.78 is 18.2. The van der Waals surface area contributed by atoms with E-state index < -0.39 is 0 Å². The molecule has 0 bridgehead atoms. The van der Waals surface area contributed by atoms with Crippen LogP contribution in [0.5, 0.6) is 0 Å². The first-order chi connectivity index (χ1) is 19.9. The number of hydrogen-bond acceptors (Lipinski definition) is 7. The van der Waals surface area contributed by atoms with Crippen LogP contribution in [-0.4, -0.2) is 63.5 Å². The molecule has 10 nitrogen and oxygen atoms in total. The average Bonchev–Trinajstić information content (AvgIpc) is 3.59. The van der Waals surface area contributed by atoms with Crippen molar-refractivity contribution in [1.82, 2.24) is 19.4 Å². The van der Waals surface area contributed by atoms with Crippen molar-refractivity contribution >= 4 is 34.5 Å². The van der Waals surface area contributed by atoms with E-state index >= 15 is 0 Å². The topological polar surface area (TPSA) is 99.8 Å². The van der Waals surface area contributed by atoms with Gasteiger partial charge in [-0.05, 0) is 54.6 Å². The van der Waals surface area contributed by atoms with Crippen LogP contribution in [0.4, 0.5) is 16.2 Å². The van der Waals surface area contributed by atoms with E-state index in [1.807, 2.05) is 45.3 Å². The fourth-order valence-corrected chi connectivity index (χ4v) is 6.21. The molecule has 4 aromatic rings. The van der Waals surface area contributed by atoms with Crippen molar-refractivity contribution in [2.45, 2.75) is 38.9 Å². The maximum atomic E-state index is 14.5. The molecule has 210 valence electrons. The molecule has 3 aliphatic rings. The van der Waals surface area contributed by atoms with Crippen molar-refractivity contribution in [3.8, 4) is 0 Å². The van der Waals surface area contributed by atoms with Gasteiger partial charge in [-0.2, -0.15) is 4.98 Å². The van der Waals surface area contributed by atoms with E-state index in [2.05, 4.69) is 17.9 Å². The number of aromatic nitrogens is 4. The number of rotatable bonds is 5. The van der Waals surface area contributed by atoms with Crippen molar-refractivity contribution in [3.05, 3.63) is 77.1 Å². The Labute approximate surface area is 237 Å². The number of carbonyl (C=O) groups excluding carboxylic acids is 1. The molecule has 7 rings (SSSR count). The van der Waals surface area contributed by atoms with E-state index in [-0.39, 0.29) is 24.3 Å². The molecule has 11 heteroatoms. The summed E-state index contributed by atoms with van der Waals surface area (Å²) in [5.41, 5.74) is 9.54. The van der Waals surface area contributed by atoms with Crippen molar-refractivity contribution in [2.24, 2.45) is 17.8 Å². The van der Waals surface area contributed by atoms with Gasteiger partial charge >= 0.3 is 5.82 Å². The molecule has 2 aromatic carbocycles. The van der Waals surface area contributed by atoms with Gasteiger partial charge in [-0.25, -0.2) is 8.96 Å². The number of benzene rings is 2. The second kappa shape index (κ2) is 9.91. The van der Waals surface area contributed by atoms with Crippen molar-refractivity contribution in [3.63, 3.8) is 0 Å². The minimum atomic E-state index is -0.315. The number of nitrogens with zero attached hydrogens (tertiary/aromatic N) is 8. The van der Waals surface area contributed by atoms with Crippen LogP contribution in [0.2, 0.25) is 0 Å². The summed E-state index contributed by atoms with van der Waals surface area (Å²) in [7, 11) is 1.98. The Morgan fingerprint density at radius 2 is 1.95 bits per heavy atom. The molecular formula is C30H33FN9O+. The van der Waals surface area contributed by atoms with Crippen LogP contribution in [-0.2, 0) is 20.1 Å². The van der Waals surface area contributed by atoms with E-state index in [4.69, 9.17) is 20.7 Å². The van der Waals surface area contributed by atoms with E-state index in [9.17, 15) is 9.18 Å². The third-order valence-corrected chi connectivity index (χ3v) is 8.40. The van der Waals surface area contributed by atoms with Crippen LogP contribution in [0.25, 0.3) is 10.9 Å². The van der Waals surface area contributed by atoms with Crippen LogP contribution < -0.4 is 20.1 Å². The fraction of sp³-hybridized carbons (Fsp3) is 0.367. The van der Waals surface area contributed by atoms with Crippen molar-refractivity contribution in [1.29, 1.82) is 0 Å². The fourth-order valence-electron chi connectivity index (χ4n) is 6.21. The normalized spacial score (nSPS) is 18.6. The van der Waals surface area contributed by atoms with Gasteiger partial charge < -0.3 is 10.6 Å². The molecular weight excluding hydrogens is 521 g/mol. The molecule has 1 fully saturated rings. The Balaban J connectivity index is 1.34. The first kappa shape index (κ1) is 25.6. The number of guanidine groups is 1. The van der Waals surface area contributed by atoms with Crippen molar-refractivity contribution in [2.75, 3.05) is 36.0 Å². The van der Waals surface area contributed by atoms with Crippen LogP contribution in [0.3, 0.4) is 0 Å². The first-order valence-corrected chi connectivity index (χ1v) is 14.1. The number of anilines is 2. The molecule has 0 saturated carbocycles. The molecule has 0 aliphatic carbocycles. The number of piperidine rings is 1. The third kappa shape index (κ3) is 4.31. The Bertz CT molecular complexity index is 1710. The quantitative estimate of drug-likeness (QED) is 0.381. The number of fused-ring (bicyclic) bond motifs is 4. The van der Waals surface area contributed by atoms with Gasteiger partial charge in [0.2, 0.25) is 11.9 Å². The Morgan fingerprint density at radius 1 is 1.10 bits per heavy atom. The minimum Gasteiger partial charge on any atom is -0.341 e. The summed E-state index contributed by atoms with van der Waals surface area (Å²) in [6, 6.07) is 14.5. The molecule has 41 heavy (non-hydrogen) atoms. The van der Waals surface area contributed by atoms with Gasteiger partial charge in [0.05, 0.1) is 25.5 Å². The van der Waals surface area contributed by atoms with Crippen LogP contribution in [0, 0.1) is 12.7 Å². The molecule has 2 N–H and O–H groups in total. The second-order valence-electron chi connectivity index (χ2n) is 11.1. The minimum absolute atomic E-state index is 0.0263. The van der Waals surface area contributed by atoms with Gasteiger partial charge in [-0.3, -0.25) is 24.2 Å². The number of carbonyl (C=O) groups is 1. The predicted octanol–water partition coefficient (Wildman–Crippen LogP) is 2.51. The molecule has 1 saturated heterocycles. The summed E-state index contributed by atoms with van der Waals surface area (Å²) in [6.45, 7) is 5.25. The average molecular weight is 555 g/mol. The highest BCUT2D eigenvalue weighted by Gasteiger charge is 2.44. The van der Waals surface area contributed by atoms with Gasteiger partial charge in [0.1, 0.15) is 18.1 Å². The Kier molecular flexibility index (Phi) is 6.19. The molecule has 1 unspecified atom stereocenters. The number of imidazole rings is 1. The van der Waals surface area contributed by atoms with Crippen LogP contribution in [0.1, 0.15) is 40.4 Å². The molecule has 1 atom stereocenters. The smallest absolute Gasteiger partial charge is 0.319 e. The van der Waals surface area contributed by atoms with E-state index in [1.54, 1.807) is 11.0 Å². The van der Waals surface area contributed by atoms with Gasteiger partial charge in [0.15, 0.2) is 17.0 Å². The van der Waals surface area contributed by atoms with E-state index in [0.29, 0.717) is 49.6 Å².